The molecule has 2 rings (SSSR count). The molecule has 2 heteroatoms. The van der Waals surface area contributed by atoms with E-state index >= 15 is 0 Å². The number of nitrogens with one attached hydrogen (secondary N) is 1. The molecule has 26 heavy (non-hydrogen) atoms. The van der Waals surface area contributed by atoms with Crippen LogP contribution in [-0.4, -0.2) is 6.54 Å². The van der Waals surface area contributed by atoms with Crippen LogP contribution in [0.2, 0.25) is 0 Å². The number of dihydropyridines is 1. The largest absolute Gasteiger partial charge is 0.362 e. The zero-order valence-electron chi connectivity index (χ0n) is 16.9. The minimum absolute atomic E-state index is 0.337. The Balaban J connectivity index is 2.53. The summed E-state index contributed by atoms with van der Waals surface area (Å²) in [4.78, 5) is 0. The maximum absolute atomic E-state index is 5.73. The van der Waals surface area contributed by atoms with E-state index in [1.807, 2.05) is 0 Å². The van der Waals surface area contributed by atoms with Crippen molar-refractivity contribution < 1.29 is 0 Å². The van der Waals surface area contributed by atoms with E-state index in [1.165, 1.54) is 33.7 Å². The van der Waals surface area contributed by atoms with Gasteiger partial charge in [-0.1, -0.05) is 63.6 Å². The van der Waals surface area contributed by atoms with Gasteiger partial charge in [0.15, 0.2) is 0 Å². The number of nitrogens with two attached hydrogens (primary N) is 1. The molecule has 0 saturated heterocycles. The molecule has 1 aromatic carbocycles. The Morgan fingerprint density at radius 3 is 2.42 bits per heavy atom. The van der Waals surface area contributed by atoms with E-state index in [-0.39, 0.29) is 0 Å². The van der Waals surface area contributed by atoms with Crippen molar-refractivity contribution in [2.24, 2.45) is 5.73 Å². The van der Waals surface area contributed by atoms with Gasteiger partial charge < -0.3 is 11.1 Å². The van der Waals surface area contributed by atoms with Crippen molar-refractivity contribution in [3.8, 4) is 0 Å². The van der Waals surface area contributed by atoms with Crippen molar-refractivity contribution in [2.75, 3.05) is 6.54 Å². The fraction of sp³-hybridized carbons (Fsp3) is 0.500. The van der Waals surface area contributed by atoms with Gasteiger partial charge in [0.05, 0.1) is 0 Å². The Bertz CT molecular complexity index is 652. The van der Waals surface area contributed by atoms with Crippen LogP contribution >= 0.6 is 0 Å². The highest BCUT2D eigenvalue weighted by Gasteiger charge is 2.30. The second kappa shape index (κ2) is 10.4. The van der Waals surface area contributed by atoms with Crippen molar-refractivity contribution in [3.05, 3.63) is 70.6 Å². The SMILES string of the molecule is C=C(CCC)C1=C(CCCCN)NC(C)=C(CCC)C1c1ccccc1. The van der Waals surface area contributed by atoms with Gasteiger partial charge in [-0.2, -0.15) is 0 Å². The Morgan fingerprint density at radius 2 is 1.81 bits per heavy atom. The van der Waals surface area contributed by atoms with E-state index in [1.54, 1.807) is 0 Å². The lowest BCUT2D eigenvalue weighted by molar-refractivity contribution is 0.653. The van der Waals surface area contributed by atoms with Crippen LogP contribution in [0.5, 0.6) is 0 Å². The van der Waals surface area contributed by atoms with Gasteiger partial charge in [-0.3, -0.25) is 0 Å². The predicted octanol–water partition coefficient (Wildman–Crippen LogP) is 6.19. The van der Waals surface area contributed by atoms with Crippen molar-refractivity contribution in [1.29, 1.82) is 0 Å². The molecule has 0 fully saturated rings. The normalized spacial score (nSPS) is 17.5. The Labute approximate surface area is 160 Å². The molecule has 0 amide bonds. The van der Waals surface area contributed by atoms with Crippen LogP contribution in [0.25, 0.3) is 0 Å². The van der Waals surface area contributed by atoms with Crippen LogP contribution in [0, 0.1) is 0 Å². The third kappa shape index (κ3) is 4.88. The monoisotopic (exact) mass is 352 g/mol. The lowest BCUT2D eigenvalue weighted by Crippen LogP contribution is -2.26. The molecule has 142 valence electrons. The summed E-state index contributed by atoms with van der Waals surface area (Å²) in [6.45, 7) is 12.0. The van der Waals surface area contributed by atoms with Crippen LogP contribution in [0.1, 0.15) is 77.2 Å². The average Bonchev–Trinajstić information content (AvgIpc) is 2.64. The summed E-state index contributed by atoms with van der Waals surface area (Å²) in [5, 5.41) is 3.76. The van der Waals surface area contributed by atoms with Crippen LogP contribution < -0.4 is 11.1 Å². The molecule has 1 unspecified atom stereocenters. The molecule has 0 radical (unpaired) electrons. The van der Waals surface area contributed by atoms with Gasteiger partial charge in [0.1, 0.15) is 0 Å². The summed E-state index contributed by atoms with van der Waals surface area (Å²) in [5.74, 6) is 0.337. The molecule has 0 aliphatic carbocycles. The lowest BCUT2D eigenvalue weighted by Gasteiger charge is -2.35. The maximum Gasteiger partial charge on any atom is 0.0338 e. The van der Waals surface area contributed by atoms with Gasteiger partial charge in [-0.05, 0) is 67.9 Å². The summed E-state index contributed by atoms with van der Waals surface area (Å²) >= 11 is 0. The first kappa shape index (κ1) is 20.5. The van der Waals surface area contributed by atoms with Crippen molar-refractivity contribution in [3.63, 3.8) is 0 Å². The van der Waals surface area contributed by atoms with Gasteiger partial charge in [0, 0.05) is 17.3 Å². The Morgan fingerprint density at radius 1 is 1.08 bits per heavy atom. The lowest BCUT2D eigenvalue weighted by atomic mass is 9.75. The van der Waals surface area contributed by atoms with E-state index < -0.39 is 0 Å². The van der Waals surface area contributed by atoms with E-state index in [4.69, 9.17) is 5.73 Å². The highest BCUT2D eigenvalue weighted by Crippen LogP contribution is 2.44. The first-order valence-electron chi connectivity index (χ1n) is 10.3. The van der Waals surface area contributed by atoms with Crippen LogP contribution in [0.3, 0.4) is 0 Å². The topological polar surface area (TPSA) is 38.0 Å². The molecular weight excluding hydrogens is 316 g/mol. The molecule has 1 aliphatic rings. The van der Waals surface area contributed by atoms with Gasteiger partial charge in [-0.25, -0.2) is 0 Å². The quantitative estimate of drug-likeness (QED) is 0.493. The van der Waals surface area contributed by atoms with Crippen molar-refractivity contribution in [2.45, 2.75) is 71.6 Å². The molecule has 1 aliphatic heterocycles. The number of unbranched alkanes of at least 4 members (excludes halogenated alkanes) is 1. The fourth-order valence-corrected chi connectivity index (χ4v) is 4.05. The Hall–Kier alpha value is -1.80. The van der Waals surface area contributed by atoms with E-state index in [0.717, 1.165) is 51.5 Å². The number of hydrogen-bond acceptors (Lipinski definition) is 2. The number of rotatable bonds is 10. The third-order valence-corrected chi connectivity index (χ3v) is 5.25. The van der Waals surface area contributed by atoms with E-state index in [9.17, 15) is 0 Å². The summed E-state index contributed by atoms with van der Waals surface area (Å²) in [6.07, 6.45) is 7.71. The maximum atomic E-state index is 5.73. The minimum Gasteiger partial charge on any atom is -0.362 e. The molecule has 0 aromatic heterocycles. The van der Waals surface area contributed by atoms with E-state index in [0.29, 0.717) is 5.92 Å². The van der Waals surface area contributed by atoms with Crippen molar-refractivity contribution >= 4 is 0 Å². The molecule has 1 aromatic rings. The van der Waals surface area contributed by atoms with Crippen LogP contribution in [0.4, 0.5) is 0 Å². The first-order chi connectivity index (χ1) is 12.6. The molecule has 0 bridgehead atoms. The van der Waals surface area contributed by atoms with Crippen LogP contribution in [-0.2, 0) is 0 Å². The van der Waals surface area contributed by atoms with Crippen LogP contribution in [0.15, 0.2) is 65.0 Å². The number of hydrogen-bond donors (Lipinski definition) is 2. The smallest absolute Gasteiger partial charge is 0.0338 e. The zero-order valence-corrected chi connectivity index (χ0v) is 16.9. The molecular formula is C24H36N2. The van der Waals surface area contributed by atoms with Gasteiger partial charge in [-0.15, -0.1) is 0 Å². The van der Waals surface area contributed by atoms with Gasteiger partial charge in [0.25, 0.3) is 0 Å². The molecule has 2 nitrogen and oxygen atoms in total. The highest BCUT2D eigenvalue weighted by molar-refractivity contribution is 5.53. The third-order valence-electron chi connectivity index (χ3n) is 5.25. The first-order valence-corrected chi connectivity index (χ1v) is 10.3. The molecule has 0 saturated carbocycles. The second-order valence-corrected chi connectivity index (χ2v) is 7.36. The molecule has 3 N–H and O–H groups in total. The summed E-state index contributed by atoms with van der Waals surface area (Å²) < 4.78 is 0. The molecule has 0 spiro atoms. The fourth-order valence-electron chi connectivity index (χ4n) is 4.05. The highest BCUT2D eigenvalue weighted by atomic mass is 14.9. The van der Waals surface area contributed by atoms with Crippen molar-refractivity contribution in [1.82, 2.24) is 5.32 Å². The molecule has 1 atom stereocenters. The van der Waals surface area contributed by atoms with E-state index in [2.05, 4.69) is 63.0 Å². The number of allylic oxidation sites excluding steroid dienone is 5. The van der Waals surface area contributed by atoms with Gasteiger partial charge >= 0.3 is 0 Å². The number of benzene rings is 1. The Kier molecular flexibility index (Phi) is 8.18. The summed E-state index contributed by atoms with van der Waals surface area (Å²) in [7, 11) is 0. The van der Waals surface area contributed by atoms with Gasteiger partial charge in [0.2, 0.25) is 0 Å². The standard InChI is InChI=1S/C24H36N2/c1-5-12-18(3)23-22(16-10-11-17-25)26-19(4)21(13-6-2)24(23)20-14-8-7-9-15-20/h7-9,14-15,24,26H,3,5-6,10-13,16-17,25H2,1-2,4H3. The average molecular weight is 353 g/mol. The minimum atomic E-state index is 0.337. The molecule has 1 heterocycles. The predicted molar refractivity (Wildman–Crippen MR) is 114 cm³/mol. The summed E-state index contributed by atoms with van der Waals surface area (Å²) in [5.41, 5.74) is 14.1. The second-order valence-electron chi connectivity index (χ2n) is 7.36. The summed E-state index contributed by atoms with van der Waals surface area (Å²) in [6, 6.07) is 11.0. The zero-order chi connectivity index (χ0) is 18.9.